The number of aliphatic carboxylic acids is 1. The molecule has 0 aromatic heterocycles. The van der Waals surface area contributed by atoms with E-state index >= 15 is 0 Å². The van der Waals surface area contributed by atoms with E-state index in [4.69, 9.17) is 14.6 Å². The maximum atomic E-state index is 12.2. The zero-order valence-electron chi connectivity index (χ0n) is 13.9. The van der Waals surface area contributed by atoms with Crippen LogP contribution in [-0.4, -0.2) is 60.9 Å². The second kappa shape index (κ2) is 10.1. The van der Waals surface area contributed by atoms with Gasteiger partial charge in [-0.2, -0.15) is 0 Å². The van der Waals surface area contributed by atoms with E-state index in [9.17, 15) is 9.59 Å². The molecule has 1 atom stereocenters. The maximum Gasteiger partial charge on any atom is 0.306 e. The molecule has 24 heavy (non-hydrogen) atoms. The number of carbonyl (C=O) groups is 2. The second-order valence-corrected chi connectivity index (χ2v) is 5.88. The molecule has 0 spiro atoms. The van der Waals surface area contributed by atoms with Gasteiger partial charge in [-0.25, -0.2) is 0 Å². The highest BCUT2D eigenvalue weighted by molar-refractivity contribution is 5.76. The van der Waals surface area contributed by atoms with Gasteiger partial charge in [-0.3, -0.25) is 9.59 Å². The van der Waals surface area contributed by atoms with E-state index in [1.54, 1.807) is 4.90 Å². The molecule has 1 aromatic rings. The average molecular weight is 335 g/mol. The van der Waals surface area contributed by atoms with Crippen molar-refractivity contribution in [3.8, 4) is 0 Å². The molecule has 1 fully saturated rings. The van der Waals surface area contributed by atoms with Crippen LogP contribution in [0.1, 0.15) is 24.8 Å². The monoisotopic (exact) mass is 335 g/mol. The van der Waals surface area contributed by atoms with Gasteiger partial charge in [0.1, 0.15) is 0 Å². The van der Waals surface area contributed by atoms with Gasteiger partial charge in [0, 0.05) is 26.1 Å². The maximum absolute atomic E-state index is 12.2. The SMILES string of the molecule is O=C(O)CC1CN(C(=O)CCCOCCc2ccccc2)CCO1. The van der Waals surface area contributed by atoms with Crippen molar-refractivity contribution in [3.63, 3.8) is 0 Å². The highest BCUT2D eigenvalue weighted by Gasteiger charge is 2.25. The van der Waals surface area contributed by atoms with Gasteiger partial charge in [0.25, 0.3) is 0 Å². The van der Waals surface area contributed by atoms with E-state index in [1.807, 2.05) is 18.2 Å². The van der Waals surface area contributed by atoms with Gasteiger partial charge in [-0.15, -0.1) is 0 Å². The van der Waals surface area contributed by atoms with Crippen LogP contribution in [0.2, 0.25) is 0 Å². The van der Waals surface area contributed by atoms with Crippen molar-refractivity contribution in [2.24, 2.45) is 0 Å². The van der Waals surface area contributed by atoms with E-state index in [0.29, 0.717) is 45.8 Å². The molecule has 0 bridgehead atoms. The van der Waals surface area contributed by atoms with Gasteiger partial charge in [0.2, 0.25) is 5.91 Å². The molecule has 1 N–H and O–H groups in total. The van der Waals surface area contributed by atoms with Gasteiger partial charge in [-0.1, -0.05) is 30.3 Å². The summed E-state index contributed by atoms with van der Waals surface area (Å²) in [5.74, 6) is -0.860. The van der Waals surface area contributed by atoms with Crippen LogP contribution in [0.15, 0.2) is 30.3 Å². The smallest absolute Gasteiger partial charge is 0.306 e. The van der Waals surface area contributed by atoms with Crippen molar-refractivity contribution in [2.75, 3.05) is 32.9 Å². The van der Waals surface area contributed by atoms with Crippen LogP contribution in [0.25, 0.3) is 0 Å². The van der Waals surface area contributed by atoms with Gasteiger partial charge in [0.05, 0.1) is 25.7 Å². The van der Waals surface area contributed by atoms with Crippen molar-refractivity contribution in [1.82, 2.24) is 4.90 Å². The number of rotatable bonds is 9. The lowest BCUT2D eigenvalue weighted by Gasteiger charge is -2.32. The van der Waals surface area contributed by atoms with Gasteiger partial charge in [0.15, 0.2) is 0 Å². The van der Waals surface area contributed by atoms with Crippen LogP contribution in [0.4, 0.5) is 0 Å². The Kier molecular flexibility index (Phi) is 7.71. The summed E-state index contributed by atoms with van der Waals surface area (Å²) in [6.07, 6.45) is 1.50. The van der Waals surface area contributed by atoms with Crippen LogP contribution < -0.4 is 0 Å². The predicted octanol–water partition coefficient (Wildman–Crippen LogP) is 1.73. The molecule has 0 aliphatic carbocycles. The fourth-order valence-electron chi connectivity index (χ4n) is 2.68. The lowest BCUT2D eigenvalue weighted by molar-refractivity contribution is -0.147. The normalized spacial score (nSPS) is 17.7. The molecule has 0 saturated carbocycles. The summed E-state index contributed by atoms with van der Waals surface area (Å²) in [4.78, 5) is 24.6. The highest BCUT2D eigenvalue weighted by atomic mass is 16.5. The van der Waals surface area contributed by atoms with Gasteiger partial charge in [-0.05, 0) is 18.4 Å². The zero-order chi connectivity index (χ0) is 17.2. The Labute approximate surface area is 142 Å². The Hall–Kier alpha value is -1.92. The lowest BCUT2D eigenvalue weighted by atomic mass is 10.2. The molecule has 1 aromatic carbocycles. The van der Waals surface area contributed by atoms with Crippen molar-refractivity contribution in [1.29, 1.82) is 0 Å². The quantitative estimate of drug-likeness (QED) is 0.696. The predicted molar refractivity (Wildman–Crippen MR) is 88.8 cm³/mol. The summed E-state index contributed by atoms with van der Waals surface area (Å²) in [6, 6.07) is 10.1. The van der Waals surface area contributed by atoms with Crippen LogP contribution in [-0.2, 0) is 25.5 Å². The lowest BCUT2D eigenvalue weighted by Crippen LogP contribution is -2.46. The second-order valence-electron chi connectivity index (χ2n) is 5.88. The minimum absolute atomic E-state index is 0.0420. The fraction of sp³-hybridized carbons (Fsp3) is 0.556. The number of benzene rings is 1. The highest BCUT2D eigenvalue weighted by Crippen LogP contribution is 2.11. The molecule has 6 heteroatoms. The molecule has 1 amide bonds. The third kappa shape index (κ3) is 6.68. The molecule has 2 rings (SSSR count). The van der Waals surface area contributed by atoms with Crippen molar-refractivity contribution in [3.05, 3.63) is 35.9 Å². The van der Waals surface area contributed by atoms with Gasteiger partial charge < -0.3 is 19.5 Å². The van der Waals surface area contributed by atoms with Crippen LogP contribution in [0.5, 0.6) is 0 Å². The molecule has 0 radical (unpaired) electrons. The Morgan fingerprint density at radius 3 is 2.79 bits per heavy atom. The molecular weight excluding hydrogens is 310 g/mol. The number of amides is 1. The van der Waals surface area contributed by atoms with Crippen LogP contribution in [0, 0.1) is 0 Å². The molecule has 132 valence electrons. The fourth-order valence-corrected chi connectivity index (χ4v) is 2.68. The number of carbonyl (C=O) groups excluding carboxylic acids is 1. The Morgan fingerprint density at radius 2 is 2.04 bits per heavy atom. The van der Waals surface area contributed by atoms with E-state index < -0.39 is 12.1 Å². The molecule has 6 nitrogen and oxygen atoms in total. The standard InChI is InChI=1S/C18H25NO5/c20-17(19-9-12-24-16(14-19)13-18(21)22)7-4-10-23-11-8-15-5-2-1-3-6-15/h1-3,5-6,16H,4,7-14H2,(H,21,22). The summed E-state index contributed by atoms with van der Waals surface area (Å²) >= 11 is 0. The van der Waals surface area contributed by atoms with Crippen LogP contribution in [0.3, 0.4) is 0 Å². The zero-order valence-corrected chi connectivity index (χ0v) is 13.9. The first-order chi connectivity index (χ1) is 11.6. The Bertz CT molecular complexity index is 519. The first-order valence-corrected chi connectivity index (χ1v) is 8.38. The molecule has 1 aliphatic heterocycles. The number of carboxylic acids is 1. The number of hydrogen-bond donors (Lipinski definition) is 1. The Morgan fingerprint density at radius 1 is 1.25 bits per heavy atom. The summed E-state index contributed by atoms with van der Waals surface area (Å²) in [5.41, 5.74) is 1.24. The average Bonchev–Trinajstić information content (AvgIpc) is 2.58. The largest absolute Gasteiger partial charge is 0.481 e. The molecule has 1 saturated heterocycles. The van der Waals surface area contributed by atoms with Crippen LogP contribution >= 0.6 is 0 Å². The van der Waals surface area contributed by atoms with Crippen molar-refractivity contribution < 1.29 is 24.2 Å². The van der Waals surface area contributed by atoms with Crippen molar-refractivity contribution in [2.45, 2.75) is 31.8 Å². The molecule has 1 unspecified atom stereocenters. The summed E-state index contributed by atoms with van der Waals surface area (Å²) in [7, 11) is 0. The van der Waals surface area contributed by atoms with E-state index in [2.05, 4.69) is 12.1 Å². The molecular formula is C18H25NO5. The number of hydrogen-bond acceptors (Lipinski definition) is 4. The van der Waals surface area contributed by atoms with E-state index in [-0.39, 0.29) is 12.3 Å². The number of morpholine rings is 1. The van der Waals surface area contributed by atoms with E-state index in [0.717, 1.165) is 6.42 Å². The molecule has 1 heterocycles. The minimum atomic E-state index is -0.902. The third-order valence-electron chi connectivity index (χ3n) is 3.95. The number of ether oxygens (including phenoxy) is 2. The van der Waals surface area contributed by atoms with E-state index in [1.165, 1.54) is 5.56 Å². The molecule has 1 aliphatic rings. The summed E-state index contributed by atoms with van der Waals surface area (Å²) in [6.45, 7) is 2.50. The van der Waals surface area contributed by atoms with Crippen molar-refractivity contribution >= 4 is 11.9 Å². The Balaban J connectivity index is 1.56. The van der Waals surface area contributed by atoms with Gasteiger partial charge >= 0.3 is 5.97 Å². The first-order valence-electron chi connectivity index (χ1n) is 8.38. The third-order valence-corrected chi connectivity index (χ3v) is 3.95. The first kappa shape index (κ1) is 18.4. The summed E-state index contributed by atoms with van der Waals surface area (Å²) < 4.78 is 10.9. The summed E-state index contributed by atoms with van der Waals surface area (Å²) in [5, 5.41) is 8.80. The topological polar surface area (TPSA) is 76.1 Å². The minimum Gasteiger partial charge on any atom is -0.481 e. The number of nitrogens with zero attached hydrogens (tertiary/aromatic N) is 1. The number of carboxylic acid groups (broad SMARTS) is 1.